The van der Waals surface area contributed by atoms with Crippen LogP contribution in [0.25, 0.3) is 0 Å². The van der Waals surface area contributed by atoms with Crippen molar-refractivity contribution in [3.05, 3.63) is 29.6 Å². The molecule has 0 radical (unpaired) electrons. The number of ether oxygens (including phenoxy) is 1. The Morgan fingerprint density at radius 3 is 2.74 bits per heavy atom. The number of nitrogens with one attached hydrogen (secondary N) is 1. The van der Waals surface area contributed by atoms with Crippen molar-refractivity contribution < 1.29 is 27.4 Å². The lowest BCUT2D eigenvalue weighted by atomic mass is 9.96. The maximum Gasteiger partial charge on any atom is 0.338 e. The van der Waals surface area contributed by atoms with E-state index in [2.05, 4.69) is 4.72 Å². The molecule has 1 fully saturated rings. The molecule has 1 heterocycles. The van der Waals surface area contributed by atoms with Gasteiger partial charge in [-0.15, -0.1) is 0 Å². The Balaban J connectivity index is 2.06. The number of benzene rings is 1. The molecule has 1 aromatic rings. The lowest BCUT2D eigenvalue weighted by Gasteiger charge is -2.35. The topological polar surface area (TPSA) is 92.7 Å². The summed E-state index contributed by atoms with van der Waals surface area (Å²) in [6.07, 6.45) is 1.99. The van der Waals surface area contributed by atoms with E-state index >= 15 is 0 Å². The average Bonchev–Trinajstić information content (AvgIpc) is 2.35. The van der Waals surface area contributed by atoms with Crippen molar-refractivity contribution in [2.24, 2.45) is 0 Å². The molecule has 2 N–H and O–H groups in total. The lowest BCUT2D eigenvalue weighted by molar-refractivity contribution is -0.0963. The van der Waals surface area contributed by atoms with Gasteiger partial charge in [0.05, 0.1) is 28.7 Å². The van der Waals surface area contributed by atoms with Crippen LogP contribution in [-0.4, -0.2) is 37.0 Å². The zero-order valence-corrected chi connectivity index (χ0v) is 13.8. The quantitative estimate of drug-likeness (QED) is 0.856. The molecule has 1 aromatic carbocycles. The fourth-order valence-corrected chi connectivity index (χ4v) is 3.95. The van der Waals surface area contributed by atoms with Crippen molar-refractivity contribution in [3.8, 4) is 0 Å². The van der Waals surface area contributed by atoms with Gasteiger partial charge in [0.1, 0.15) is 5.82 Å². The highest BCUT2D eigenvalue weighted by molar-refractivity contribution is 7.92. The standard InChI is InChI=1S/C15H20FNO5S/c1-15(2)7-3-4-11(22-15)9-23(20,21)17-10-5-6-12(14(18)19)13(16)8-10/h5-6,8,11,17H,3-4,7,9H2,1-2H3,(H,18,19). The highest BCUT2D eigenvalue weighted by Crippen LogP contribution is 2.28. The van der Waals surface area contributed by atoms with Crippen molar-refractivity contribution >= 4 is 21.7 Å². The second kappa shape index (κ2) is 6.45. The third-order valence-corrected chi connectivity index (χ3v) is 5.03. The molecule has 0 amide bonds. The zero-order chi connectivity index (χ0) is 17.3. The number of halogens is 1. The van der Waals surface area contributed by atoms with E-state index in [4.69, 9.17) is 9.84 Å². The second-order valence-electron chi connectivity index (χ2n) is 6.28. The molecular weight excluding hydrogens is 325 g/mol. The molecule has 0 aromatic heterocycles. The van der Waals surface area contributed by atoms with Crippen molar-refractivity contribution in [3.63, 3.8) is 0 Å². The van der Waals surface area contributed by atoms with Gasteiger partial charge in [0, 0.05) is 0 Å². The maximum atomic E-state index is 13.6. The Morgan fingerprint density at radius 1 is 1.48 bits per heavy atom. The molecule has 6 nitrogen and oxygen atoms in total. The molecule has 0 aliphatic carbocycles. The van der Waals surface area contributed by atoms with Crippen molar-refractivity contribution in [1.29, 1.82) is 0 Å². The van der Waals surface area contributed by atoms with E-state index in [0.717, 1.165) is 25.0 Å². The molecule has 0 spiro atoms. The summed E-state index contributed by atoms with van der Waals surface area (Å²) in [7, 11) is -3.72. The van der Waals surface area contributed by atoms with Crippen LogP contribution in [0.15, 0.2) is 18.2 Å². The third-order valence-electron chi connectivity index (χ3n) is 3.67. The maximum absolute atomic E-state index is 13.6. The van der Waals surface area contributed by atoms with Gasteiger partial charge in [-0.2, -0.15) is 0 Å². The molecule has 1 aliphatic heterocycles. The van der Waals surface area contributed by atoms with Crippen LogP contribution >= 0.6 is 0 Å². The largest absolute Gasteiger partial charge is 0.478 e. The second-order valence-corrected chi connectivity index (χ2v) is 8.04. The summed E-state index contributed by atoms with van der Waals surface area (Å²) in [5.41, 5.74) is -0.874. The first-order valence-electron chi connectivity index (χ1n) is 7.29. The van der Waals surface area contributed by atoms with E-state index in [9.17, 15) is 17.6 Å². The van der Waals surface area contributed by atoms with E-state index in [1.165, 1.54) is 6.07 Å². The Hall–Kier alpha value is -1.67. The number of sulfonamides is 1. The molecule has 1 aliphatic rings. The van der Waals surface area contributed by atoms with Gasteiger partial charge in [0.15, 0.2) is 0 Å². The smallest absolute Gasteiger partial charge is 0.338 e. The van der Waals surface area contributed by atoms with Crippen molar-refractivity contribution in [1.82, 2.24) is 0 Å². The summed E-state index contributed by atoms with van der Waals surface area (Å²) in [5.74, 6) is -2.62. The molecule has 8 heteroatoms. The lowest BCUT2D eigenvalue weighted by Crippen LogP contribution is -2.39. The number of carboxylic acid groups (broad SMARTS) is 1. The average molecular weight is 345 g/mol. The van der Waals surface area contributed by atoms with Gasteiger partial charge in [-0.05, 0) is 51.3 Å². The monoisotopic (exact) mass is 345 g/mol. The summed E-state index contributed by atoms with van der Waals surface area (Å²) >= 11 is 0. The van der Waals surface area contributed by atoms with E-state index in [1.54, 1.807) is 0 Å². The Morgan fingerprint density at radius 2 is 2.17 bits per heavy atom. The predicted octanol–water partition coefficient (Wildman–Crippen LogP) is 2.61. The van der Waals surface area contributed by atoms with Gasteiger partial charge in [-0.25, -0.2) is 17.6 Å². The number of rotatable bonds is 5. The minimum atomic E-state index is -3.72. The normalized spacial score (nSPS) is 20.9. The fourth-order valence-electron chi connectivity index (χ4n) is 2.66. The third kappa shape index (κ3) is 4.90. The van der Waals surface area contributed by atoms with Crippen LogP contribution in [0.2, 0.25) is 0 Å². The fraction of sp³-hybridized carbons (Fsp3) is 0.533. The Bertz CT molecular complexity index is 702. The molecule has 1 saturated heterocycles. The first-order chi connectivity index (χ1) is 10.6. The van der Waals surface area contributed by atoms with Crippen LogP contribution in [0.5, 0.6) is 0 Å². The van der Waals surface area contributed by atoms with E-state index in [1.807, 2.05) is 13.8 Å². The summed E-state index contributed by atoms with van der Waals surface area (Å²) in [6, 6.07) is 3.10. The van der Waals surface area contributed by atoms with Crippen LogP contribution in [0.1, 0.15) is 43.5 Å². The van der Waals surface area contributed by atoms with Crippen LogP contribution < -0.4 is 4.72 Å². The highest BCUT2D eigenvalue weighted by atomic mass is 32.2. The van der Waals surface area contributed by atoms with Gasteiger partial charge < -0.3 is 9.84 Å². The molecule has 1 unspecified atom stereocenters. The van der Waals surface area contributed by atoms with Gasteiger partial charge in [0.2, 0.25) is 10.0 Å². The van der Waals surface area contributed by atoms with Crippen molar-refractivity contribution in [2.75, 3.05) is 10.5 Å². The van der Waals surface area contributed by atoms with Crippen molar-refractivity contribution in [2.45, 2.75) is 44.8 Å². The molecule has 0 saturated carbocycles. The predicted molar refractivity (Wildman–Crippen MR) is 83.6 cm³/mol. The highest BCUT2D eigenvalue weighted by Gasteiger charge is 2.31. The zero-order valence-electron chi connectivity index (χ0n) is 13.0. The molecular formula is C15H20FNO5S. The summed E-state index contributed by atoms with van der Waals surface area (Å²) < 4.78 is 46.0. The van der Waals surface area contributed by atoms with Gasteiger partial charge in [-0.3, -0.25) is 4.72 Å². The summed E-state index contributed by atoms with van der Waals surface area (Å²) in [5, 5.41) is 8.76. The van der Waals surface area contributed by atoms with E-state index < -0.39 is 33.5 Å². The SMILES string of the molecule is CC1(C)CCCC(CS(=O)(=O)Nc2ccc(C(=O)O)c(F)c2)O1. The molecule has 23 heavy (non-hydrogen) atoms. The number of carboxylic acids is 1. The molecule has 2 rings (SSSR count). The first kappa shape index (κ1) is 17.7. The first-order valence-corrected chi connectivity index (χ1v) is 8.94. The molecule has 1 atom stereocenters. The summed E-state index contributed by atoms with van der Waals surface area (Å²) in [4.78, 5) is 10.7. The number of hydrogen-bond donors (Lipinski definition) is 2. The Labute approximate surface area is 134 Å². The van der Waals surface area contributed by atoms with Crippen LogP contribution in [-0.2, 0) is 14.8 Å². The van der Waals surface area contributed by atoms with Crippen LogP contribution in [0.4, 0.5) is 10.1 Å². The number of carbonyl (C=O) groups is 1. The van der Waals surface area contributed by atoms with E-state index in [-0.39, 0.29) is 17.0 Å². The molecule has 0 bridgehead atoms. The van der Waals surface area contributed by atoms with Gasteiger partial charge >= 0.3 is 5.97 Å². The van der Waals surface area contributed by atoms with E-state index in [0.29, 0.717) is 6.42 Å². The summed E-state index contributed by atoms with van der Waals surface area (Å²) in [6.45, 7) is 3.83. The van der Waals surface area contributed by atoms with Gasteiger partial charge in [-0.1, -0.05) is 0 Å². The minimum Gasteiger partial charge on any atom is -0.478 e. The van der Waals surface area contributed by atoms with Crippen LogP contribution in [0, 0.1) is 5.82 Å². The number of hydrogen-bond acceptors (Lipinski definition) is 4. The number of anilines is 1. The Kier molecular flexibility index (Phi) is 4.95. The number of aromatic carboxylic acids is 1. The minimum absolute atomic E-state index is 0.0115. The van der Waals surface area contributed by atoms with Gasteiger partial charge in [0.25, 0.3) is 0 Å². The molecule has 128 valence electrons. The van der Waals surface area contributed by atoms with Crippen LogP contribution in [0.3, 0.4) is 0 Å².